The average Bonchev–Trinajstić information content (AvgIpc) is 2.65. The van der Waals surface area contributed by atoms with Crippen molar-refractivity contribution < 1.29 is 4.74 Å². The number of thiol groups is 1. The van der Waals surface area contributed by atoms with Gasteiger partial charge in [-0.15, -0.1) is 12.6 Å². The molecule has 0 bridgehead atoms. The van der Waals surface area contributed by atoms with Crippen molar-refractivity contribution in [2.75, 3.05) is 7.11 Å². The fraction of sp³-hybridized carbons (Fsp3) is 0.111. The monoisotopic (exact) mass is 224 g/mol. The summed E-state index contributed by atoms with van der Waals surface area (Å²) in [5.74, 6) is 1.50. The molecule has 3 nitrogen and oxygen atoms in total. The smallest absolute Gasteiger partial charge is 0.174 e. The molecule has 72 valence electrons. The summed E-state index contributed by atoms with van der Waals surface area (Å²) >= 11 is 5.39. The maximum absolute atomic E-state index is 5.11. The van der Waals surface area contributed by atoms with Crippen LogP contribution in [0.15, 0.2) is 28.6 Å². The first-order valence-electron chi connectivity index (χ1n) is 3.96. The lowest BCUT2D eigenvalue weighted by molar-refractivity contribution is 0.415. The van der Waals surface area contributed by atoms with E-state index in [2.05, 4.69) is 22.0 Å². The fourth-order valence-corrected chi connectivity index (χ4v) is 1.75. The summed E-state index contributed by atoms with van der Waals surface area (Å²) in [5, 5.41) is 0. The van der Waals surface area contributed by atoms with Crippen molar-refractivity contribution in [1.29, 1.82) is 0 Å². The number of ether oxygens (including phenoxy) is 1. The molecule has 2 rings (SSSR count). The molecule has 0 spiro atoms. The predicted molar refractivity (Wildman–Crippen MR) is 59.1 cm³/mol. The van der Waals surface area contributed by atoms with Gasteiger partial charge in [0.15, 0.2) is 10.2 Å². The number of rotatable bonds is 2. The molecule has 0 saturated carbocycles. The number of benzene rings is 1. The molecule has 0 radical (unpaired) electrons. The van der Waals surface area contributed by atoms with E-state index in [1.165, 1.54) is 11.5 Å². The minimum atomic E-state index is 0.669. The van der Waals surface area contributed by atoms with Crippen LogP contribution in [-0.2, 0) is 0 Å². The second-order valence-corrected chi connectivity index (χ2v) is 4.11. The van der Waals surface area contributed by atoms with Gasteiger partial charge in [0.1, 0.15) is 5.75 Å². The van der Waals surface area contributed by atoms with Gasteiger partial charge in [-0.05, 0) is 23.7 Å². The SMILES string of the molecule is COc1cccc(-c2nsc(S)n2)c1. The molecule has 0 amide bonds. The van der Waals surface area contributed by atoms with Crippen LogP contribution in [0.4, 0.5) is 0 Å². The number of nitrogens with zero attached hydrogens (tertiary/aromatic N) is 2. The Kier molecular flexibility index (Phi) is 2.69. The van der Waals surface area contributed by atoms with Crippen molar-refractivity contribution in [3.8, 4) is 17.1 Å². The summed E-state index contributed by atoms with van der Waals surface area (Å²) in [7, 11) is 1.64. The van der Waals surface area contributed by atoms with E-state index in [-0.39, 0.29) is 0 Å². The Hall–Kier alpha value is -1.07. The minimum Gasteiger partial charge on any atom is -0.497 e. The van der Waals surface area contributed by atoms with E-state index < -0.39 is 0 Å². The first-order chi connectivity index (χ1) is 6.79. The maximum atomic E-state index is 5.11. The van der Waals surface area contributed by atoms with Crippen LogP contribution in [0.3, 0.4) is 0 Å². The highest BCUT2D eigenvalue weighted by Crippen LogP contribution is 2.23. The topological polar surface area (TPSA) is 35.0 Å². The molecule has 0 aliphatic carbocycles. The molecular formula is C9H8N2OS2. The van der Waals surface area contributed by atoms with Crippen LogP contribution in [0.25, 0.3) is 11.4 Å². The van der Waals surface area contributed by atoms with Gasteiger partial charge in [-0.1, -0.05) is 12.1 Å². The second-order valence-electron chi connectivity index (χ2n) is 2.63. The number of hydrogen-bond acceptors (Lipinski definition) is 5. The molecule has 0 aliphatic heterocycles. The van der Waals surface area contributed by atoms with Gasteiger partial charge in [0.2, 0.25) is 0 Å². The third-order valence-corrected chi connectivity index (χ3v) is 2.61. The summed E-state index contributed by atoms with van der Waals surface area (Å²) < 4.78 is 9.94. The van der Waals surface area contributed by atoms with Gasteiger partial charge in [0, 0.05) is 5.56 Å². The van der Waals surface area contributed by atoms with Gasteiger partial charge in [0.25, 0.3) is 0 Å². The Morgan fingerprint density at radius 1 is 1.43 bits per heavy atom. The van der Waals surface area contributed by atoms with E-state index in [4.69, 9.17) is 4.74 Å². The lowest BCUT2D eigenvalue weighted by atomic mass is 10.2. The van der Waals surface area contributed by atoms with Crippen molar-refractivity contribution in [3.05, 3.63) is 24.3 Å². The molecule has 1 aromatic heterocycles. The van der Waals surface area contributed by atoms with Crippen molar-refractivity contribution >= 4 is 24.2 Å². The average molecular weight is 224 g/mol. The highest BCUT2D eigenvalue weighted by Gasteiger charge is 2.04. The van der Waals surface area contributed by atoms with Crippen LogP contribution in [0.2, 0.25) is 0 Å². The van der Waals surface area contributed by atoms with E-state index >= 15 is 0 Å². The Labute approximate surface area is 91.3 Å². The van der Waals surface area contributed by atoms with Crippen LogP contribution in [0, 0.1) is 0 Å². The lowest BCUT2D eigenvalue weighted by Crippen LogP contribution is -1.84. The first-order valence-corrected chi connectivity index (χ1v) is 5.19. The van der Waals surface area contributed by atoms with E-state index in [0.717, 1.165) is 11.3 Å². The molecule has 0 N–H and O–H groups in total. The number of hydrogen-bond donors (Lipinski definition) is 1. The Morgan fingerprint density at radius 3 is 2.93 bits per heavy atom. The van der Waals surface area contributed by atoms with E-state index in [9.17, 15) is 0 Å². The summed E-state index contributed by atoms with van der Waals surface area (Å²) in [6.07, 6.45) is 0. The maximum Gasteiger partial charge on any atom is 0.174 e. The van der Waals surface area contributed by atoms with Gasteiger partial charge in [0.05, 0.1) is 7.11 Å². The summed E-state index contributed by atoms with van der Waals surface area (Å²) in [6.45, 7) is 0. The molecule has 5 heteroatoms. The van der Waals surface area contributed by atoms with E-state index in [1.54, 1.807) is 7.11 Å². The molecule has 0 saturated heterocycles. The predicted octanol–water partition coefficient (Wildman–Crippen LogP) is 2.50. The minimum absolute atomic E-state index is 0.669. The Balaban J connectivity index is 2.41. The van der Waals surface area contributed by atoms with Crippen LogP contribution in [0.1, 0.15) is 0 Å². The molecule has 1 aromatic carbocycles. The second kappa shape index (κ2) is 3.98. The van der Waals surface area contributed by atoms with Gasteiger partial charge < -0.3 is 4.74 Å². The first kappa shape index (κ1) is 9.48. The molecule has 0 aliphatic rings. The van der Waals surface area contributed by atoms with E-state index in [1.807, 2.05) is 24.3 Å². The number of aromatic nitrogens is 2. The van der Waals surface area contributed by atoms with Gasteiger partial charge in [-0.25, -0.2) is 4.98 Å². The molecule has 14 heavy (non-hydrogen) atoms. The highest BCUT2D eigenvalue weighted by atomic mass is 32.2. The fourth-order valence-electron chi connectivity index (χ4n) is 1.09. The van der Waals surface area contributed by atoms with Crippen LogP contribution < -0.4 is 4.74 Å². The summed E-state index contributed by atoms with van der Waals surface area (Å²) in [6, 6.07) is 7.64. The quantitative estimate of drug-likeness (QED) is 0.796. The lowest BCUT2D eigenvalue weighted by Gasteiger charge is -2.00. The van der Waals surface area contributed by atoms with Crippen LogP contribution >= 0.6 is 24.2 Å². The van der Waals surface area contributed by atoms with Crippen molar-refractivity contribution in [1.82, 2.24) is 9.36 Å². The highest BCUT2D eigenvalue weighted by molar-refractivity contribution is 7.82. The Morgan fingerprint density at radius 2 is 2.29 bits per heavy atom. The molecule has 0 fully saturated rings. The summed E-state index contributed by atoms with van der Waals surface area (Å²) in [5.41, 5.74) is 0.945. The Bertz CT molecular complexity index is 442. The zero-order chi connectivity index (χ0) is 9.97. The van der Waals surface area contributed by atoms with Crippen molar-refractivity contribution in [3.63, 3.8) is 0 Å². The van der Waals surface area contributed by atoms with Gasteiger partial charge in [-0.3, -0.25) is 0 Å². The van der Waals surface area contributed by atoms with Gasteiger partial charge in [-0.2, -0.15) is 4.37 Å². The standard InChI is InChI=1S/C9H8N2OS2/c1-12-7-4-2-3-6(5-7)8-10-9(13)14-11-8/h2-5H,1H3,(H,10,11,13). The molecule has 2 aromatic rings. The third kappa shape index (κ3) is 1.88. The molecule has 0 unspecified atom stereocenters. The molecule has 0 atom stereocenters. The number of methoxy groups -OCH3 is 1. The third-order valence-electron chi connectivity index (χ3n) is 1.74. The molecule has 1 heterocycles. The van der Waals surface area contributed by atoms with Crippen molar-refractivity contribution in [2.45, 2.75) is 4.34 Å². The summed E-state index contributed by atoms with van der Waals surface area (Å²) in [4.78, 5) is 4.17. The normalized spacial score (nSPS) is 10.1. The van der Waals surface area contributed by atoms with E-state index in [0.29, 0.717) is 10.2 Å². The van der Waals surface area contributed by atoms with Crippen LogP contribution in [0.5, 0.6) is 5.75 Å². The van der Waals surface area contributed by atoms with Crippen LogP contribution in [-0.4, -0.2) is 16.5 Å². The van der Waals surface area contributed by atoms with Crippen molar-refractivity contribution in [2.24, 2.45) is 0 Å². The van der Waals surface area contributed by atoms with Gasteiger partial charge >= 0.3 is 0 Å². The zero-order valence-corrected chi connectivity index (χ0v) is 9.18. The zero-order valence-electron chi connectivity index (χ0n) is 7.47. The largest absolute Gasteiger partial charge is 0.497 e. The molecular weight excluding hydrogens is 216 g/mol.